The van der Waals surface area contributed by atoms with Gasteiger partial charge in [0.25, 0.3) is 5.91 Å². The van der Waals surface area contributed by atoms with E-state index >= 15 is 0 Å². The fourth-order valence-corrected chi connectivity index (χ4v) is 2.14. The highest BCUT2D eigenvalue weighted by atomic mass is 16.5. The number of rotatable bonds is 5. The number of pyridine rings is 1. The highest BCUT2D eigenvalue weighted by Crippen LogP contribution is 2.22. The van der Waals surface area contributed by atoms with E-state index in [9.17, 15) is 4.79 Å². The lowest BCUT2D eigenvalue weighted by molar-refractivity contribution is -0.127. The van der Waals surface area contributed by atoms with Crippen molar-refractivity contribution in [2.75, 3.05) is 0 Å². The van der Waals surface area contributed by atoms with Crippen molar-refractivity contribution in [3.05, 3.63) is 59.4 Å². The van der Waals surface area contributed by atoms with Crippen molar-refractivity contribution in [2.45, 2.75) is 39.8 Å². The molecule has 1 aromatic heterocycles. The zero-order valence-electron chi connectivity index (χ0n) is 13.5. The Morgan fingerprint density at radius 2 is 1.95 bits per heavy atom. The molecule has 1 N–H and O–H groups in total. The molecule has 0 aliphatic rings. The van der Waals surface area contributed by atoms with Crippen LogP contribution >= 0.6 is 0 Å². The Bertz CT molecular complexity index is 641. The summed E-state index contributed by atoms with van der Waals surface area (Å²) in [7, 11) is 0. The summed E-state index contributed by atoms with van der Waals surface area (Å²) in [4.78, 5) is 16.3. The van der Waals surface area contributed by atoms with E-state index in [0.717, 1.165) is 22.4 Å². The second-order valence-electron chi connectivity index (χ2n) is 5.47. The fourth-order valence-electron chi connectivity index (χ4n) is 2.14. The highest BCUT2D eigenvalue weighted by molar-refractivity contribution is 5.81. The van der Waals surface area contributed by atoms with E-state index in [1.807, 2.05) is 51.1 Å². The number of nitrogens with one attached hydrogen (secondary N) is 1. The van der Waals surface area contributed by atoms with Gasteiger partial charge in [0.15, 0.2) is 6.10 Å². The molecule has 0 unspecified atom stereocenters. The van der Waals surface area contributed by atoms with Crippen molar-refractivity contribution in [3.63, 3.8) is 0 Å². The lowest BCUT2D eigenvalue weighted by Crippen LogP contribution is -2.37. The Balaban J connectivity index is 1.99. The summed E-state index contributed by atoms with van der Waals surface area (Å²) >= 11 is 0. The van der Waals surface area contributed by atoms with Gasteiger partial charge < -0.3 is 10.1 Å². The molecule has 1 amide bonds. The number of carbonyl (C=O) groups is 1. The van der Waals surface area contributed by atoms with Gasteiger partial charge in [0.05, 0.1) is 6.04 Å². The number of benzene rings is 1. The lowest BCUT2D eigenvalue weighted by Gasteiger charge is -2.20. The quantitative estimate of drug-likeness (QED) is 0.921. The van der Waals surface area contributed by atoms with Crippen LogP contribution in [0.3, 0.4) is 0 Å². The molecule has 0 aliphatic heterocycles. The first-order valence-electron chi connectivity index (χ1n) is 7.42. The van der Waals surface area contributed by atoms with E-state index in [2.05, 4.69) is 10.3 Å². The van der Waals surface area contributed by atoms with Crippen LogP contribution in [0.2, 0.25) is 0 Å². The molecule has 0 radical (unpaired) electrons. The first kappa shape index (κ1) is 16.0. The molecule has 4 nitrogen and oxygen atoms in total. The van der Waals surface area contributed by atoms with Gasteiger partial charge in [-0.2, -0.15) is 0 Å². The van der Waals surface area contributed by atoms with E-state index < -0.39 is 6.10 Å². The summed E-state index contributed by atoms with van der Waals surface area (Å²) in [6, 6.07) is 9.53. The lowest BCUT2D eigenvalue weighted by atomic mass is 10.1. The summed E-state index contributed by atoms with van der Waals surface area (Å²) in [5, 5.41) is 2.95. The van der Waals surface area contributed by atoms with Crippen LogP contribution in [0.4, 0.5) is 0 Å². The number of hydrogen-bond acceptors (Lipinski definition) is 3. The molecule has 2 aromatic rings. The average Bonchev–Trinajstić information content (AvgIpc) is 2.52. The van der Waals surface area contributed by atoms with Crippen molar-refractivity contribution >= 4 is 5.91 Å². The first-order chi connectivity index (χ1) is 10.5. The van der Waals surface area contributed by atoms with E-state index in [1.165, 1.54) is 0 Å². The van der Waals surface area contributed by atoms with E-state index in [1.54, 1.807) is 19.3 Å². The number of amides is 1. The second-order valence-corrected chi connectivity index (χ2v) is 5.47. The summed E-state index contributed by atoms with van der Waals surface area (Å²) < 4.78 is 5.80. The third-order valence-electron chi connectivity index (χ3n) is 3.77. The van der Waals surface area contributed by atoms with Crippen LogP contribution in [0.15, 0.2) is 42.7 Å². The van der Waals surface area contributed by atoms with Gasteiger partial charge in [0.1, 0.15) is 5.75 Å². The molecule has 2 atom stereocenters. The summed E-state index contributed by atoms with van der Waals surface area (Å²) in [5.41, 5.74) is 3.17. The normalized spacial score (nSPS) is 13.3. The van der Waals surface area contributed by atoms with E-state index in [4.69, 9.17) is 4.74 Å². The standard InChI is InChI=1S/C18H22N2O2/c1-12-7-5-9-17(13(12)2)22-15(4)18(21)20-14(3)16-8-6-10-19-11-16/h5-11,14-15H,1-4H3,(H,20,21)/t14-,15+/m1/s1. The molecule has 2 rings (SSSR count). The van der Waals surface area contributed by atoms with Gasteiger partial charge in [-0.1, -0.05) is 18.2 Å². The second kappa shape index (κ2) is 7.07. The Morgan fingerprint density at radius 1 is 1.18 bits per heavy atom. The maximum atomic E-state index is 12.3. The van der Waals surface area contributed by atoms with Gasteiger partial charge in [-0.25, -0.2) is 0 Å². The molecule has 0 fully saturated rings. The van der Waals surface area contributed by atoms with E-state index in [-0.39, 0.29) is 11.9 Å². The highest BCUT2D eigenvalue weighted by Gasteiger charge is 2.18. The van der Waals surface area contributed by atoms with Crippen molar-refractivity contribution in [3.8, 4) is 5.75 Å². The fraction of sp³-hybridized carbons (Fsp3) is 0.333. The largest absolute Gasteiger partial charge is 0.481 e. The van der Waals surface area contributed by atoms with Crippen LogP contribution in [0.25, 0.3) is 0 Å². The first-order valence-corrected chi connectivity index (χ1v) is 7.42. The van der Waals surface area contributed by atoms with Gasteiger partial charge in [-0.05, 0) is 56.5 Å². The smallest absolute Gasteiger partial charge is 0.261 e. The van der Waals surface area contributed by atoms with Crippen LogP contribution in [0.1, 0.15) is 36.6 Å². The molecule has 22 heavy (non-hydrogen) atoms. The molecule has 116 valence electrons. The molecule has 0 spiro atoms. The molecule has 0 saturated carbocycles. The predicted molar refractivity (Wildman–Crippen MR) is 86.8 cm³/mol. The molecular weight excluding hydrogens is 276 g/mol. The molecule has 0 saturated heterocycles. The molecule has 1 heterocycles. The Hall–Kier alpha value is -2.36. The van der Waals surface area contributed by atoms with Crippen LogP contribution in [0.5, 0.6) is 5.75 Å². The molecule has 4 heteroatoms. The third kappa shape index (κ3) is 3.85. The average molecular weight is 298 g/mol. The predicted octanol–water partition coefficient (Wildman–Crippen LogP) is 3.34. The zero-order chi connectivity index (χ0) is 16.1. The molecular formula is C18H22N2O2. The Kier molecular flexibility index (Phi) is 5.15. The summed E-state index contributed by atoms with van der Waals surface area (Å²) in [6.07, 6.45) is 2.91. The number of ether oxygens (including phenoxy) is 1. The monoisotopic (exact) mass is 298 g/mol. The van der Waals surface area contributed by atoms with Crippen LogP contribution < -0.4 is 10.1 Å². The summed E-state index contributed by atoms with van der Waals surface area (Å²) in [5.74, 6) is 0.606. The minimum absolute atomic E-state index is 0.106. The number of hydrogen-bond donors (Lipinski definition) is 1. The maximum absolute atomic E-state index is 12.3. The third-order valence-corrected chi connectivity index (χ3v) is 3.77. The molecule has 0 aliphatic carbocycles. The van der Waals surface area contributed by atoms with Gasteiger partial charge >= 0.3 is 0 Å². The van der Waals surface area contributed by atoms with Crippen molar-refractivity contribution in [1.29, 1.82) is 0 Å². The van der Waals surface area contributed by atoms with E-state index in [0.29, 0.717) is 0 Å². The van der Waals surface area contributed by atoms with Crippen molar-refractivity contribution in [1.82, 2.24) is 10.3 Å². The number of nitrogens with zero attached hydrogens (tertiary/aromatic N) is 1. The van der Waals surface area contributed by atoms with Crippen LogP contribution in [0, 0.1) is 13.8 Å². The Morgan fingerprint density at radius 3 is 2.64 bits per heavy atom. The maximum Gasteiger partial charge on any atom is 0.261 e. The topological polar surface area (TPSA) is 51.2 Å². The molecule has 1 aromatic carbocycles. The van der Waals surface area contributed by atoms with Crippen LogP contribution in [-0.2, 0) is 4.79 Å². The van der Waals surface area contributed by atoms with Gasteiger partial charge in [-0.3, -0.25) is 9.78 Å². The van der Waals surface area contributed by atoms with Gasteiger partial charge in [0, 0.05) is 12.4 Å². The van der Waals surface area contributed by atoms with Crippen molar-refractivity contribution < 1.29 is 9.53 Å². The zero-order valence-corrected chi connectivity index (χ0v) is 13.5. The minimum Gasteiger partial charge on any atom is -0.481 e. The number of aryl methyl sites for hydroxylation is 1. The number of aromatic nitrogens is 1. The minimum atomic E-state index is -0.556. The molecule has 0 bridgehead atoms. The SMILES string of the molecule is Cc1cccc(O[C@@H](C)C(=O)N[C@H](C)c2cccnc2)c1C. The van der Waals surface area contributed by atoms with Crippen molar-refractivity contribution in [2.24, 2.45) is 0 Å². The van der Waals surface area contributed by atoms with Crippen LogP contribution in [-0.4, -0.2) is 17.0 Å². The Labute approximate surface area is 131 Å². The van der Waals surface area contributed by atoms with Gasteiger partial charge in [-0.15, -0.1) is 0 Å². The summed E-state index contributed by atoms with van der Waals surface area (Å²) in [6.45, 7) is 7.71. The van der Waals surface area contributed by atoms with Gasteiger partial charge in [0.2, 0.25) is 0 Å². The number of carbonyl (C=O) groups excluding carboxylic acids is 1.